The van der Waals surface area contributed by atoms with Gasteiger partial charge in [-0.25, -0.2) is 4.98 Å². The fourth-order valence-electron chi connectivity index (χ4n) is 6.50. The molecule has 0 aliphatic carbocycles. The van der Waals surface area contributed by atoms with Crippen LogP contribution in [0, 0.1) is 13.8 Å². The van der Waals surface area contributed by atoms with Gasteiger partial charge in [0.1, 0.15) is 0 Å². The number of carbonyl (C=O) groups is 3. The van der Waals surface area contributed by atoms with E-state index in [1.54, 1.807) is 19.1 Å². The molecule has 0 saturated carbocycles. The van der Waals surface area contributed by atoms with Gasteiger partial charge in [-0.3, -0.25) is 4.98 Å². The van der Waals surface area contributed by atoms with E-state index in [-0.39, 0.29) is 112 Å². The molecule has 46 heavy (non-hydrogen) atoms. The Morgan fingerprint density at radius 1 is 0.913 bits per heavy atom. The van der Waals surface area contributed by atoms with Gasteiger partial charge in [-0.2, -0.15) is 0 Å². The van der Waals surface area contributed by atoms with Crippen molar-refractivity contribution in [2.24, 2.45) is 0 Å². The Hall–Kier alpha value is -2.73. The first-order valence-corrected chi connectivity index (χ1v) is 14.6. The number of H-pyrrole nitrogens is 2. The molecule has 228 valence electrons. The summed E-state index contributed by atoms with van der Waals surface area (Å²) in [6, 6.07) is 5.63. The van der Waals surface area contributed by atoms with Gasteiger partial charge in [-0.1, -0.05) is 26.5 Å². The Kier molecular flexibility index (Phi) is 12.3. The molecule has 3 aromatic heterocycles. The minimum Gasteiger partial charge on any atom is -0.550 e. The number of rotatable bonds is 8. The van der Waals surface area contributed by atoms with Gasteiger partial charge in [0.25, 0.3) is 0 Å². The van der Waals surface area contributed by atoms with Crippen molar-refractivity contribution in [2.45, 2.75) is 72.1 Å². The Morgan fingerprint density at radius 3 is 2.15 bits per heavy atom. The van der Waals surface area contributed by atoms with Crippen LogP contribution in [0.25, 0.3) is 39.3 Å². The summed E-state index contributed by atoms with van der Waals surface area (Å²) >= 11 is 0. The van der Waals surface area contributed by atoms with E-state index in [1.165, 1.54) is 0 Å². The Morgan fingerprint density at radius 2 is 1.57 bits per heavy atom. The first kappa shape index (κ1) is 37.7. The zero-order valence-corrected chi connectivity index (χ0v) is 33.1. The maximum atomic E-state index is 12.5. The van der Waals surface area contributed by atoms with E-state index in [1.807, 2.05) is 39.8 Å². The summed E-state index contributed by atoms with van der Waals surface area (Å²) in [5, 5.41) is 36.2. The summed E-state index contributed by atoms with van der Waals surface area (Å²) in [5.74, 6) is -5.11. The first-order chi connectivity index (χ1) is 20.9. The maximum Gasteiger partial charge on any atom is 2.00 e. The molecule has 0 fully saturated rings. The molecule has 12 heteroatoms. The number of allylic oxidation sites excluding steroid dienone is 1. The number of hydrogen-bond acceptors (Lipinski definition) is 8. The monoisotopic (exact) mass is 696 g/mol. The summed E-state index contributed by atoms with van der Waals surface area (Å²) in [5.41, 5.74) is 8.29. The average molecular weight is 698 g/mol. The van der Waals surface area contributed by atoms with Gasteiger partial charge in [-0.05, 0) is 80.5 Å². The van der Waals surface area contributed by atoms with Crippen LogP contribution >= 0.6 is 0 Å². The average Bonchev–Trinajstić information content (AvgIpc) is 3.63. The predicted molar refractivity (Wildman–Crippen MR) is 162 cm³/mol. The van der Waals surface area contributed by atoms with Gasteiger partial charge in [-0.15, -0.1) is 0 Å². The second kappa shape index (κ2) is 15.0. The van der Waals surface area contributed by atoms with E-state index in [0.717, 1.165) is 44.3 Å². The zero-order chi connectivity index (χ0) is 32.0. The number of carboxylic acids is 3. The SMILES string of the molecule is C=Cc1c(C)c2cc3nc(c(CC(=O)[O-])c4nc(cc5[nH]c(cc1[nH]2)c(C)c5CC)C(C)=C4C(=O)[O-])[C@@H](CCC(=O)[O-])[C@@H]3C.[K+].[Zn+2]. The van der Waals surface area contributed by atoms with Crippen LogP contribution in [-0.2, 0) is 46.7 Å². The van der Waals surface area contributed by atoms with Crippen molar-refractivity contribution in [3.8, 4) is 0 Å². The minimum absolute atomic E-state index is 0. The van der Waals surface area contributed by atoms with Crippen LogP contribution in [0.2, 0.25) is 0 Å². The zero-order valence-electron chi connectivity index (χ0n) is 27.1. The van der Waals surface area contributed by atoms with Crippen molar-refractivity contribution in [3.05, 3.63) is 75.4 Å². The molecule has 2 N–H and O–H groups in total. The molecular formula is C34H33KN4O6Zn. The number of carboxylic acid groups (broad SMARTS) is 3. The van der Waals surface area contributed by atoms with E-state index >= 15 is 0 Å². The number of fused-ring (bicyclic) bond motifs is 8. The second-order valence-corrected chi connectivity index (χ2v) is 11.4. The molecule has 0 spiro atoms. The van der Waals surface area contributed by atoms with Crippen LogP contribution in [-0.4, -0.2) is 37.8 Å². The topological polar surface area (TPSA) is 178 Å². The smallest absolute Gasteiger partial charge is 0.550 e. The van der Waals surface area contributed by atoms with Crippen LogP contribution in [0.4, 0.5) is 0 Å². The van der Waals surface area contributed by atoms with Crippen LogP contribution in [0.1, 0.15) is 96.0 Å². The number of nitrogens with one attached hydrogen (secondary N) is 2. The summed E-state index contributed by atoms with van der Waals surface area (Å²) in [4.78, 5) is 52.6. The second-order valence-electron chi connectivity index (χ2n) is 11.4. The van der Waals surface area contributed by atoms with E-state index in [9.17, 15) is 29.7 Å². The van der Waals surface area contributed by atoms with Gasteiger partial charge in [0, 0.05) is 74.7 Å². The van der Waals surface area contributed by atoms with Gasteiger partial charge >= 0.3 is 70.9 Å². The molecule has 8 bridgehead atoms. The van der Waals surface area contributed by atoms with Crippen molar-refractivity contribution in [1.29, 1.82) is 0 Å². The molecule has 0 aromatic carbocycles. The van der Waals surface area contributed by atoms with Gasteiger partial charge in [0.05, 0.1) is 23.1 Å². The van der Waals surface area contributed by atoms with E-state index in [2.05, 4.69) is 21.5 Å². The number of carbonyl (C=O) groups excluding carboxylic acids is 3. The fraction of sp³-hybridized carbons (Fsp3) is 0.324. The Labute approximate surface area is 322 Å². The molecule has 0 amide bonds. The van der Waals surface area contributed by atoms with Crippen molar-refractivity contribution in [1.82, 2.24) is 19.9 Å². The first-order valence-electron chi connectivity index (χ1n) is 14.6. The van der Waals surface area contributed by atoms with Gasteiger partial charge in [0.2, 0.25) is 0 Å². The van der Waals surface area contributed by atoms with Gasteiger partial charge in [0.15, 0.2) is 0 Å². The Balaban J connectivity index is 0.00000288. The van der Waals surface area contributed by atoms with Gasteiger partial charge < -0.3 is 39.7 Å². The number of aryl methyl sites for hydroxylation is 3. The third-order valence-electron chi connectivity index (χ3n) is 8.92. The molecule has 2 aliphatic heterocycles. The largest absolute Gasteiger partial charge is 2.00 e. The van der Waals surface area contributed by atoms with Crippen LogP contribution in [0.3, 0.4) is 0 Å². The minimum atomic E-state index is -1.51. The standard InChI is InChI=1S/C34H36N4O6.K.Zn/c1-7-19-15(3)23-12-25-17(5)21(9-10-29(39)40)32(37-25)22(11-30(41)42)33-31(34(43)44)18(6)26(38-33)14-28-20(8-2)16(4)24(36-28)13-27(19)35-23;;/h7,12-14,17,21,35-36H,1,8-11H2,2-6H3,(H,39,40)(H,41,42)(H,43,44);;/q;+1;+2/p-3/t17-,21-;;/m0../s1. The van der Waals surface area contributed by atoms with Crippen molar-refractivity contribution in [3.63, 3.8) is 0 Å². The molecule has 0 unspecified atom stereocenters. The normalized spacial score (nSPS) is 15.6. The molecule has 3 aromatic rings. The van der Waals surface area contributed by atoms with E-state index < -0.39 is 30.2 Å². The fourth-order valence-corrected chi connectivity index (χ4v) is 6.50. The maximum absolute atomic E-state index is 12.5. The number of aromatic amines is 2. The molecule has 5 heterocycles. The van der Waals surface area contributed by atoms with E-state index in [4.69, 9.17) is 4.98 Å². The summed E-state index contributed by atoms with van der Waals surface area (Å²) in [6.07, 6.45) is 1.59. The van der Waals surface area contributed by atoms with Crippen LogP contribution in [0.5, 0.6) is 0 Å². The summed E-state index contributed by atoms with van der Waals surface area (Å²) < 4.78 is 0. The molecule has 2 atom stereocenters. The summed E-state index contributed by atoms with van der Waals surface area (Å²) in [6.45, 7) is 13.5. The summed E-state index contributed by atoms with van der Waals surface area (Å²) in [7, 11) is 0. The number of aromatic nitrogens is 4. The molecule has 0 saturated heterocycles. The number of aliphatic carboxylic acids is 3. The third kappa shape index (κ3) is 6.93. The Bertz CT molecular complexity index is 1960. The van der Waals surface area contributed by atoms with Crippen molar-refractivity contribution < 1.29 is 101 Å². The van der Waals surface area contributed by atoms with Crippen LogP contribution < -0.4 is 66.7 Å². The molecular weight excluding hydrogens is 665 g/mol. The van der Waals surface area contributed by atoms with Crippen LogP contribution in [0.15, 0.2) is 24.8 Å². The molecule has 10 nitrogen and oxygen atoms in total. The molecule has 0 radical (unpaired) electrons. The molecule has 2 aliphatic rings. The van der Waals surface area contributed by atoms with E-state index in [0.29, 0.717) is 23.4 Å². The number of hydrogen-bond donors (Lipinski definition) is 2. The van der Waals surface area contributed by atoms with Crippen molar-refractivity contribution >= 4 is 57.2 Å². The quantitative estimate of drug-likeness (QED) is 0.297. The predicted octanol–water partition coefficient (Wildman–Crippen LogP) is -0.471. The number of nitrogens with zero attached hydrogens (tertiary/aromatic N) is 2. The molecule has 5 rings (SSSR count). The third-order valence-corrected chi connectivity index (χ3v) is 8.92. The van der Waals surface area contributed by atoms with Crippen molar-refractivity contribution in [2.75, 3.05) is 0 Å².